The maximum Gasteiger partial charge on any atom is 0.282 e. The van der Waals surface area contributed by atoms with Crippen LogP contribution in [0, 0.1) is 13.8 Å². The van der Waals surface area contributed by atoms with Gasteiger partial charge in [0.15, 0.2) is 0 Å². The molecule has 0 bridgehead atoms. The number of benzene rings is 2. The van der Waals surface area contributed by atoms with E-state index in [1.807, 2.05) is 43.3 Å². The van der Waals surface area contributed by atoms with Crippen LogP contribution in [-0.4, -0.2) is 20.9 Å². The van der Waals surface area contributed by atoms with Crippen molar-refractivity contribution in [2.75, 3.05) is 0 Å². The predicted molar refractivity (Wildman–Crippen MR) is 105 cm³/mol. The summed E-state index contributed by atoms with van der Waals surface area (Å²) < 4.78 is 1.28. The Balaban J connectivity index is 1.83. The molecule has 0 aliphatic rings. The van der Waals surface area contributed by atoms with E-state index < -0.39 is 0 Å². The zero-order valence-electron chi connectivity index (χ0n) is 14.3. The molecule has 4 rings (SSSR count). The molecule has 2 heterocycles. The van der Waals surface area contributed by atoms with Gasteiger partial charge in [-0.05, 0) is 43.7 Å². The minimum absolute atomic E-state index is 0.218. The molecule has 26 heavy (non-hydrogen) atoms. The summed E-state index contributed by atoms with van der Waals surface area (Å²) in [5.41, 5.74) is 3.02. The lowest BCUT2D eigenvalue weighted by Crippen LogP contribution is -2.20. The van der Waals surface area contributed by atoms with Crippen molar-refractivity contribution in [3.8, 4) is 0 Å². The highest BCUT2D eigenvalue weighted by atomic mass is 35.5. The summed E-state index contributed by atoms with van der Waals surface area (Å²) >= 11 is 6.29. The topological polar surface area (TPSA) is 60.1 Å². The number of aromatic nitrogens is 3. The van der Waals surface area contributed by atoms with Gasteiger partial charge in [0.25, 0.3) is 5.56 Å². The van der Waals surface area contributed by atoms with E-state index in [-0.39, 0.29) is 5.56 Å². The molecular formula is C20H15ClN4O. The Labute approximate surface area is 154 Å². The lowest BCUT2D eigenvalue weighted by Gasteiger charge is -2.06. The highest BCUT2D eigenvalue weighted by Crippen LogP contribution is 2.20. The van der Waals surface area contributed by atoms with Gasteiger partial charge in [0.05, 0.1) is 22.6 Å². The number of hydrogen-bond acceptors (Lipinski definition) is 4. The van der Waals surface area contributed by atoms with E-state index in [9.17, 15) is 4.79 Å². The molecule has 0 atom stereocenters. The van der Waals surface area contributed by atoms with Crippen LogP contribution in [0.4, 0.5) is 0 Å². The molecule has 2 aromatic heterocycles. The van der Waals surface area contributed by atoms with E-state index in [0.29, 0.717) is 27.4 Å². The van der Waals surface area contributed by atoms with Crippen LogP contribution in [0.1, 0.15) is 17.0 Å². The summed E-state index contributed by atoms with van der Waals surface area (Å²) in [6, 6.07) is 15.1. The number of aryl methyl sites for hydroxylation is 2. The van der Waals surface area contributed by atoms with Crippen molar-refractivity contribution >= 4 is 39.6 Å². The smallest absolute Gasteiger partial charge is 0.267 e. The molecule has 0 amide bonds. The van der Waals surface area contributed by atoms with Crippen LogP contribution in [0.3, 0.4) is 0 Å². The summed E-state index contributed by atoms with van der Waals surface area (Å²) in [6.45, 7) is 3.75. The van der Waals surface area contributed by atoms with E-state index in [1.165, 1.54) is 4.68 Å². The SMILES string of the molecule is Cc1ccc2cc(C=Nn3c(C)nc4ccccc4c3=O)c(Cl)nc2c1. The third-order valence-electron chi connectivity index (χ3n) is 4.18. The fourth-order valence-electron chi connectivity index (χ4n) is 2.85. The van der Waals surface area contributed by atoms with Crippen LogP contribution >= 0.6 is 11.6 Å². The van der Waals surface area contributed by atoms with Gasteiger partial charge >= 0.3 is 0 Å². The van der Waals surface area contributed by atoms with Gasteiger partial charge in [0, 0.05) is 10.9 Å². The summed E-state index contributed by atoms with van der Waals surface area (Å²) in [7, 11) is 0. The van der Waals surface area contributed by atoms with E-state index >= 15 is 0 Å². The Hall–Kier alpha value is -3.05. The number of halogens is 1. The second kappa shape index (κ2) is 6.35. The molecule has 0 N–H and O–H groups in total. The number of para-hydroxylation sites is 1. The van der Waals surface area contributed by atoms with E-state index in [0.717, 1.165) is 16.5 Å². The molecule has 4 aromatic rings. The van der Waals surface area contributed by atoms with E-state index in [1.54, 1.807) is 25.3 Å². The van der Waals surface area contributed by atoms with Gasteiger partial charge in [0.2, 0.25) is 0 Å². The van der Waals surface area contributed by atoms with Gasteiger partial charge in [0.1, 0.15) is 11.0 Å². The predicted octanol–water partition coefficient (Wildman–Crippen LogP) is 4.10. The Bertz CT molecular complexity index is 1240. The molecule has 0 unspecified atom stereocenters. The number of hydrogen-bond donors (Lipinski definition) is 0. The maximum atomic E-state index is 12.7. The van der Waals surface area contributed by atoms with Gasteiger partial charge in [-0.2, -0.15) is 9.78 Å². The molecule has 128 valence electrons. The highest BCUT2D eigenvalue weighted by molar-refractivity contribution is 6.32. The second-order valence-corrected chi connectivity index (χ2v) is 6.46. The number of nitrogens with zero attached hydrogens (tertiary/aromatic N) is 4. The van der Waals surface area contributed by atoms with Crippen LogP contribution in [0.15, 0.2) is 58.4 Å². The van der Waals surface area contributed by atoms with Crippen molar-refractivity contribution in [2.45, 2.75) is 13.8 Å². The molecule has 0 spiro atoms. The summed E-state index contributed by atoms with van der Waals surface area (Å²) in [4.78, 5) is 21.5. The number of rotatable bonds is 2. The first kappa shape index (κ1) is 16.4. The summed E-state index contributed by atoms with van der Waals surface area (Å²) in [6.07, 6.45) is 1.54. The summed E-state index contributed by atoms with van der Waals surface area (Å²) in [5.74, 6) is 0.505. The molecule has 0 radical (unpaired) electrons. The standard InChI is InChI=1S/C20H15ClN4O/c1-12-7-8-14-10-15(19(21)24-18(14)9-12)11-22-25-13(2)23-17-6-4-3-5-16(17)20(25)26/h3-11H,1-2H3. The normalized spacial score (nSPS) is 11.7. The molecule has 0 aliphatic heterocycles. The minimum Gasteiger partial charge on any atom is -0.267 e. The maximum absolute atomic E-state index is 12.7. The zero-order valence-corrected chi connectivity index (χ0v) is 15.0. The molecule has 0 aliphatic carbocycles. The van der Waals surface area contributed by atoms with Crippen molar-refractivity contribution in [2.24, 2.45) is 5.10 Å². The lowest BCUT2D eigenvalue weighted by molar-refractivity contribution is 0.771. The fourth-order valence-corrected chi connectivity index (χ4v) is 3.05. The van der Waals surface area contributed by atoms with Crippen LogP contribution in [0.5, 0.6) is 0 Å². The lowest BCUT2D eigenvalue weighted by atomic mass is 10.1. The average molecular weight is 363 g/mol. The Morgan fingerprint density at radius 3 is 2.69 bits per heavy atom. The summed E-state index contributed by atoms with van der Waals surface area (Å²) in [5, 5.41) is 6.12. The van der Waals surface area contributed by atoms with Gasteiger partial charge in [-0.15, -0.1) is 0 Å². The van der Waals surface area contributed by atoms with Gasteiger partial charge in [-0.1, -0.05) is 35.9 Å². The highest BCUT2D eigenvalue weighted by Gasteiger charge is 2.08. The van der Waals surface area contributed by atoms with Crippen molar-refractivity contribution in [3.05, 3.63) is 81.0 Å². The molecule has 0 saturated heterocycles. The van der Waals surface area contributed by atoms with Gasteiger partial charge < -0.3 is 0 Å². The van der Waals surface area contributed by atoms with Crippen molar-refractivity contribution < 1.29 is 0 Å². The largest absolute Gasteiger partial charge is 0.282 e. The molecule has 2 aromatic carbocycles. The molecule has 6 heteroatoms. The molecule has 5 nitrogen and oxygen atoms in total. The van der Waals surface area contributed by atoms with Crippen molar-refractivity contribution in [1.82, 2.24) is 14.6 Å². The number of pyridine rings is 1. The molecule has 0 fully saturated rings. The minimum atomic E-state index is -0.218. The van der Waals surface area contributed by atoms with Gasteiger partial charge in [-0.25, -0.2) is 9.97 Å². The first-order chi connectivity index (χ1) is 12.5. The Morgan fingerprint density at radius 2 is 1.85 bits per heavy atom. The van der Waals surface area contributed by atoms with Crippen molar-refractivity contribution in [3.63, 3.8) is 0 Å². The van der Waals surface area contributed by atoms with Crippen LogP contribution in [0.25, 0.3) is 21.8 Å². The Morgan fingerprint density at radius 1 is 1.04 bits per heavy atom. The first-order valence-electron chi connectivity index (χ1n) is 8.12. The number of fused-ring (bicyclic) bond motifs is 2. The molecular weight excluding hydrogens is 348 g/mol. The fraction of sp³-hybridized carbons (Fsp3) is 0.100. The third kappa shape index (κ3) is 2.86. The van der Waals surface area contributed by atoms with Crippen LogP contribution in [0.2, 0.25) is 5.15 Å². The third-order valence-corrected chi connectivity index (χ3v) is 4.48. The zero-order chi connectivity index (χ0) is 18.3. The van der Waals surface area contributed by atoms with E-state index in [2.05, 4.69) is 15.1 Å². The molecule has 0 saturated carbocycles. The average Bonchev–Trinajstić information content (AvgIpc) is 2.62. The Kier molecular flexibility index (Phi) is 4.01. The van der Waals surface area contributed by atoms with E-state index in [4.69, 9.17) is 11.6 Å². The first-order valence-corrected chi connectivity index (χ1v) is 8.50. The van der Waals surface area contributed by atoms with Crippen LogP contribution in [-0.2, 0) is 0 Å². The quantitative estimate of drug-likeness (QED) is 0.398. The second-order valence-electron chi connectivity index (χ2n) is 6.10. The van der Waals surface area contributed by atoms with Crippen LogP contribution < -0.4 is 5.56 Å². The van der Waals surface area contributed by atoms with Crippen molar-refractivity contribution in [1.29, 1.82) is 0 Å². The van der Waals surface area contributed by atoms with Gasteiger partial charge in [-0.3, -0.25) is 4.79 Å². The monoisotopic (exact) mass is 362 g/mol.